The lowest BCUT2D eigenvalue weighted by atomic mass is 10.2. The Labute approximate surface area is 90.6 Å². The predicted molar refractivity (Wildman–Crippen MR) is 57.9 cm³/mol. The third kappa shape index (κ3) is 3.15. The van der Waals surface area contributed by atoms with E-state index in [1.54, 1.807) is 11.8 Å². The summed E-state index contributed by atoms with van der Waals surface area (Å²) in [4.78, 5) is 4.19. The van der Waals surface area contributed by atoms with Gasteiger partial charge in [-0.15, -0.1) is 0 Å². The molecule has 1 atom stereocenters. The van der Waals surface area contributed by atoms with E-state index in [9.17, 15) is 0 Å². The number of thioether (sulfide) groups is 1. The van der Waals surface area contributed by atoms with Crippen molar-refractivity contribution in [3.8, 4) is 0 Å². The second kappa shape index (κ2) is 5.16. The van der Waals surface area contributed by atoms with Gasteiger partial charge in [-0.05, 0) is 18.5 Å². The van der Waals surface area contributed by atoms with Crippen LogP contribution in [0.25, 0.3) is 0 Å². The molecule has 1 aromatic rings. The zero-order valence-corrected chi connectivity index (χ0v) is 9.60. The number of hydrogen-bond acceptors (Lipinski definition) is 6. The van der Waals surface area contributed by atoms with Crippen LogP contribution in [-0.4, -0.2) is 26.2 Å². The van der Waals surface area contributed by atoms with Crippen LogP contribution in [0, 0.1) is 12.8 Å². The van der Waals surface area contributed by atoms with Crippen LogP contribution in [0.4, 0.5) is 0 Å². The summed E-state index contributed by atoms with van der Waals surface area (Å²) in [5.74, 6) is 1.81. The number of oxime groups is 1. The lowest BCUT2D eigenvalue weighted by Crippen LogP contribution is -2.22. The lowest BCUT2D eigenvalue weighted by molar-refractivity contribution is 0.315. The van der Waals surface area contributed by atoms with E-state index in [-0.39, 0.29) is 11.8 Å². The number of nitrogens with two attached hydrogens (primary N) is 1. The smallest absolute Gasteiger partial charge is 0.170 e. The van der Waals surface area contributed by atoms with Crippen LogP contribution < -0.4 is 5.73 Å². The molecule has 1 unspecified atom stereocenters. The molecule has 7 heteroatoms. The summed E-state index contributed by atoms with van der Waals surface area (Å²) < 4.78 is 4.98. The number of rotatable bonds is 4. The van der Waals surface area contributed by atoms with E-state index in [2.05, 4.69) is 14.5 Å². The number of aromatic nitrogens is 2. The molecular formula is C7H12N4OS2. The van der Waals surface area contributed by atoms with Gasteiger partial charge in [-0.2, -0.15) is 4.37 Å². The van der Waals surface area contributed by atoms with E-state index in [1.165, 1.54) is 11.5 Å². The van der Waals surface area contributed by atoms with Crippen molar-refractivity contribution >= 4 is 29.1 Å². The molecule has 0 aromatic carbocycles. The Morgan fingerprint density at radius 3 is 3.00 bits per heavy atom. The summed E-state index contributed by atoms with van der Waals surface area (Å²) in [6, 6.07) is 0. The Morgan fingerprint density at radius 2 is 2.50 bits per heavy atom. The number of hydrogen-bond donors (Lipinski definition) is 2. The maximum absolute atomic E-state index is 8.43. The van der Waals surface area contributed by atoms with Crippen molar-refractivity contribution < 1.29 is 5.21 Å². The summed E-state index contributed by atoms with van der Waals surface area (Å²) in [6.45, 7) is 3.75. The normalized spacial score (nSPS) is 14.3. The average Bonchev–Trinajstić information content (AvgIpc) is 2.59. The maximum Gasteiger partial charge on any atom is 0.170 e. The Morgan fingerprint density at radius 1 is 1.79 bits per heavy atom. The van der Waals surface area contributed by atoms with Crippen LogP contribution in [0.15, 0.2) is 9.50 Å². The summed E-state index contributed by atoms with van der Waals surface area (Å²) >= 11 is 2.94. The minimum Gasteiger partial charge on any atom is -0.409 e. The summed E-state index contributed by atoms with van der Waals surface area (Å²) in [5.41, 5.74) is 5.44. The van der Waals surface area contributed by atoms with E-state index >= 15 is 0 Å². The molecule has 0 saturated carbocycles. The number of aryl methyl sites for hydroxylation is 1. The molecule has 0 bridgehead atoms. The molecule has 0 amide bonds. The second-order valence-electron chi connectivity index (χ2n) is 2.84. The van der Waals surface area contributed by atoms with Crippen molar-refractivity contribution in [1.82, 2.24) is 9.36 Å². The van der Waals surface area contributed by atoms with Gasteiger partial charge < -0.3 is 10.9 Å². The van der Waals surface area contributed by atoms with Gasteiger partial charge in [0.25, 0.3) is 0 Å². The summed E-state index contributed by atoms with van der Waals surface area (Å²) in [7, 11) is 0. The van der Waals surface area contributed by atoms with Gasteiger partial charge in [0.15, 0.2) is 4.34 Å². The van der Waals surface area contributed by atoms with Gasteiger partial charge in [0.1, 0.15) is 11.7 Å². The molecule has 1 heterocycles. The molecule has 0 saturated heterocycles. The highest BCUT2D eigenvalue weighted by Gasteiger charge is 2.09. The van der Waals surface area contributed by atoms with Gasteiger partial charge in [-0.1, -0.05) is 23.8 Å². The van der Waals surface area contributed by atoms with E-state index < -0.39 is 0 Å². The average molecular weight is 232 g/mol. The third-order valence-electron chi connectivity index (χ3n) is 1.59. The van der Waals surface area contributed by atoms with Gasteiger partial charge >= 0.3 is 0 Å². The molecule has 78 valence electrons. The Balaban J connectivity index is 2.41. The largest absolute Gasteiger partial charge is 0.409 e. The Hall–Kier alpha value is -0.820. The number of nitrogens with zero attached hydrogens (tertiary/aromatic N) is 3. The van der Waals surface area contributed by atoms with Crippen molar-refractivity contribution in [3.05, 3.63) is 5.82 Å². The summed E-state index contributed by atoms with van der Waals surface area (Å²) in [5, 5.41) is 11.4. The third-order valence-corrected chi connectivity index (χ3v) is 3.77. The Kier molecular flexibility index (Phi) is 4.15. The second-order valence-corrected chi connectivity index (χ2v) is 4.86. The van der Waals surface area contributed by atoms with E-state index in [1.807, 2.05) is 13.8 Å². The fourth-order valence-corrected chi connectivity index (χ4v) is 2.43. The highest BCUT2D eigenvalue weighted by Crippen LogP contribution is 2.22. The van der Waals surface area contributed by atoms with Gasteiger partial charge in [-0.25, -0.2) is 4.98 Å². The minimum atomic E-state index is 0.0363. The van der Waals surface area contributed by atoms with Gasteiger partial charge in [0, 0.05) is 11.7 Å². The van der Waals surface area contributed by atoms with Crippen LogP contribution in [0.2, 0.25) is 0 Å². The van der Waals surface area contributed by atoms with Crippen molar-refractivity contribution in [1.29, 1.82) is 0 Å². The molecule has 0 aliphatic carbocycles. The lowest BCUT2D eigenvalue weighted by Gasteiger charge is -2.06. The fraction of sp³-hybridized carbons (Fsp3) is 0.571. The molecule has 0 fully saturated rings. The molecule has 0 aliphatic heterocycles. The zero-order chi connectivity index (χ0) is 10.6. The monoisotopic (exact) mass is 232 g/mol. The van der Waals surface area contributed by atoms with Gasteiger partial charge in [0.2, 0.25) is 0 Å². The maximum atomic E-state index is 8.43. The van der Waals surface area contributed by atoms with Crippen LogP contribution in [-0.2, 0) is 0 Å². The van der Waals surface area contributed by atoms with Gasteiger partial charge in [0.05, 0.1) is 0 Å². The Bertz CT molecular complexity index is 325. The van der Waals surface area contributed by atoms with E-state index in [0.29, 0.717) is 0 Å². The quantitative estimate of drug-likeness (QED) is 0.269. The predicted octanol–water partition coefficient (Wildman–Crippen LogP) is 1.32. The first-order valence-corrected chi connectivity index (χ1v) is 5.80. The molecule has 0 radical (unpaired) electrons. The SMILES string of the molecule is Cc1nsc(SCC(C)C(N)=NO)n1. The summed E-state index contributed by atoms with van der Waals surface area (Å²) in [6.07, 6.45) is 0. The minimum absolute atomic E-state index is 0.0363. The molecule has 3 N–H and O–H groups in total. The standard InChI is InChI=1S/C7H12N4OS2/c1-4(6(8)10-12)3-13-7-9-5(2)11-14-7/h4,12H,3H2,1-2H3,(H2,8,10). The van der Waals surface area contributed by atoms with Crippen molar-refractivity contribution in [2.75, 3.05) is 5.75 Å². The number of amidine groups is 1. The fourth-order valence-electron chi connectivity index (χ4n) is 0.717. The molecule has 5 nitrogen and oxygen atoms in total. The topological polar surface area (TPSA) is 84.4 Å². The zero-order valence-electron chi connectivity index (χ0n) is 7.97. The van der Waals surface area contributed by atoms with Crippen LogP contribution in [0.1, 0.15) is 12.7 Å². The first-order valence-electron chi connectivity index (χ1n) is 4.04. The van der Waals surface area contributed by atoms with Crippen LogP contribution in [0.3, 0.4) is 0 Å². The van der Waals surface area contributed by atoms with Crippen LogP contribution in [0.5, 0.6) is 0 Å². The molecule has 14 heavy (non-hydrogen) atoms. The van der Waals surface area contributed by atoms with E-state index in [0.717, 1.165) is 15.9 Å². The molecule has 1 rings (SSSR count). The van der Waals surface area contributed by atoms with Crippen molar-refractivity contribution in [2.24, 2.45) is 16.8 Å². The van der Waals surface area contributed by atoms with Crippen molar-refractivity contribution in [3.63, 3.8) is 0 Å². The van der Waals surface area contributed by atoms with Crippen LogP contribution >= 0.6 is 23.3 Å². The first-order chi connectivity index (χ1) is 6.63. The van der Waals surface area contributed by atoms with Gasteiger partial charge in [-0.3, -0.25) is 0 Å². The molecule has 1 aromatic heterocycles. The highest BCUT2D eigenvalue weighted by molar-refractivity contribution is 8.00. The molecule has 0 aliphatic rings. The molecule has 0 spiro atoms. The van der Waals surface area contributed by atoms with E-state index in [4.69, 9.17) is 10.9 Å². The van der Waals surface area contributed by atoms with Crippen molar-refractivity contribution in [2.45, 2.75) is 18.2 Å². The first kappa shape index (κ1) is 11.3. The molecular weight excluding hydrogens is 220 g/mol. The highest BCUT2D eigenvalue weighted by atomic mass is 32.2.